The van der Waals surface area contributed by atoms with Gasteiger partial charge in [-0.05, 0) is 19.8 Å². The first-order valence-corrected chi connectivity index (χ1v) is 7.69. The molecule has 0 unspecified atom stereocenters. The second kappa shape index (κ2) is 7.65. The van der Waals surface area contributed by atoms with Crippen molar-refractivity contribution in [1.82, 2.24) is 19.6 Å². The molecule has 0 amide bonds. The van der Waals surface area contributed by atoms with Crippen molar-refractivity contribution in [3.8, 4) is 0 Å². The number of hydrogen-bond acceptors (Lipinski definition) is 4. The quantitative estimate of drug-likeness (QED) is 0.856. The van der Waals surface area contributed by atoms with Crippen molar-refractivity contribution in [3.05, 3.63) is 29.7 Å². The zero-order chi connectivity index (χ0) is 14.7. The first-order chi connectivity index (χ1) is 10.3. The van der Waals surface area contributed by atoms with Crippen molar-refractivity contribution in [2.75, 3.05) is 11.9 Å². The lowest BCUT2D eigenvalue weighted by atomic mass is 10.2. The van der Waals surface area contributed by atoms with Crippen molar-refractivity contribution >= 4 is 18.2 Å². The van der Waals surface area contributed by atoms with E-state index in [0.29, 0.717) is 12.6 Å². The molecule has 0 aliphatic heterocycles. The predicted molar refractivity (Wildman–Crippen MR) is 88.4 cm³/mol. The number of anilines is 1. The number of aryl methyl sites for hydroxylation is 1. The molecule has 22 heavy (non-hydrogen) atoms. The summed E-state index contributed by atoms with van der Waals surface area (Å²) in [6.45, 7) is 3.43. The standard InChI is InChI=1S/C15H23N5O.ClH/c1-12-13(11-20(17-12)14-4-2-3-5-14)10-16-15-6-7-19(18-15)8-9-21;/h6-7,11,14,21H,2-5,8-10H2,1H3,(H,16,18);1H. The molecule has 2 aromatic heterocycles. The summed E-state index contributed by atoms with van der Waals surface area (Å²) in [4.78, 5) is 0. The van der Waals surface area contributed by atoms with Gasteiger partial charge in [-0.2, -0.15) is 10.2 Å². The highest BCUT2D eigenvalue weighted by Crippen LogP contribution is 2.29. The van der Waals surface area contributed by atoms with E-state index < -0.39 is 0 Å². The van der Waals surface area contributed by atoms with E-state index in [1.807, 2.05) is 12.3 Å². The van der Waals surface area contributed by atoms with Gasteiger partial charge in [-0.15, -0.1) is 12.4 Å². The van der Waals surface area contributed by atoms with E-state index in [1.54, 1.807) is 4.68 Å². The summed E-state index contributed by atoms with van der Waals surface area (Å²) < 4.78 is 3.88. The van der Waals surface area contributed by atoms with Gasteiger partial charge in [0.05, 0.1) is 24.9 Å². The Bertz CT molecular complexity index is 589. The van der Waals surface area contributed by atoms with Gasteiger partial charge in [0, 0.05) is 30.6 Å². The number of aliphatic hydroxyl groups excluding tert-OH is 1. The lowest BCUT2D eigenvalue weighted by Gasteiger charge is -2.08. The average Bonchev–Trinajstić information content (AvgIpc) is 3.17. The van der Waals surface area contributed by atoms with Crippen LogP contribution in [0.3, 0.4) is 0 Å². The second-order valence-electron chi connectivity index (χ2n) is 5.70. The van der Waals surface area contributed by atoms with Crippen LogP contribution in [0.4, 0.5) is 5.82 Å². The Kier molecular flexibility index (Phi) is 5.85. The summed E-state index contributed by atoms with van der Waals surface area (Å²) in [5.74, 6) is 0.830. The van der Waals surface area contributed by atoms with Gasteiger partial charge < -0.3 is 10.4 Å². The van der Waals surface area contributed by atoms with Gasteiger partial charge in [-0.1, -0.05) is 12.8 Å². The molecule has 1 aliphatic rings. The molecular formula is C15H24ClN5O. The van der Waals surface area contributed by atoms with Crippen molar-refractivity contribution in [2.24, 2.45) is 0 Å². The Hall–Kier alpha value is -1.53. The SMILES string of the molecule is Cc1nn(C2CCCC2)cc1CNc1ccn(CCO)n1.Cl. The molecular weight excluding hydrogens is 302 g/mol. The van der Waals surface area contributed by atoms with Crippen LogP contribution in [-0.4, -0.2) is 31.3 Å². The molecule has 122 valence electrons. The van der Waals surface area contributed by atoms with Gasteiger partial charge in [-0.3, -0.25) is 9.36 Å². The minimum Gasteiger partial charge on any atom is -0.394 e. The Morgan fingerprint density at radius 3 is 2.82 bits per heavy atom. The molecule has 0 radical (unpaired) electrons. The van der Waals surface area contributed by atoms with Crippen LogP contribution in [0, 0.1) is 6.92 Å². The number of hydrogen-bond donors (Lipinski definition) is 2. The largest absolute Gasteiger partial charge is 0.394 e. The summed E-state index contributed by atoms with van der Waals surface area (Å²) in [6.07, 6.45) is 9.18. The van der Waals surface area contributed by atoms with Crippen LogP contribution in [0.1, 0.15) is 43.0 Å². The number of aliphatic hydroxyl groups is 1. The molecule has 0 aromatic carbocycles. The molecule has 0 atom stereocenters. The molecule has 0 bridgehead atoms. The van der Waals surface area contributed by atoms with Crippen molar-refractivity contribution < 1.29 is 5.11 Å². The van der Waals surface area contributed by atoms with E-state index in [4.69, 9.17) is 5.11 Å². The molecule has 0 saturated heterocycles. The zero-order valence-corrected chi connectivity index (χ0v) is 13.7. The number of halogens is 1. The summed E-state index contributed by atoms with van der Waals surface area (Å²) in [7, 11) is 0. The fourth-order valence-electron chi connectivity index (χ4n) is 2.92. The topological polar surface area (TPSA) is 67.9 Å². The van der Waals surface area contributed by atoms with Gasteiger partial charge in [0.25, 0.3) is 0 Å². The lowest BCUT2D eigenvalue weighted by Crippen LogP contribution is -2.05. The van der Waals surface area contributed by atoms with E-state index >= 15 is 0 Å². The highest BCUT2D eigenvalue weighted by atomic mass is 35.5. The maximum absolute atomic E-state index is 8.89. The smallest absolute Gasteiger partial charge is 0.148 e. The second-order valence-corrected chi connectivity index (χ2v) is 5.70. The van der Waals surface area contributed by atoms with Gasteiger partial charge >= 0.3 is 0 Å². The molecule has 6 nitrogen and oxygen atoms in total. The van der Waals surface area contributed by atoms with Crippen LogP contribution >= 0.6 is 12.4 Å². The highest BCUT2D eigenvalue weighted by molar-refractivity contribution is 5.85. The molecule has 0 spiro atoms. The number of nitrogens with zero attached hydrogens (tertiary/aromatic N) is 4. The van der Waals surface area contributed by atoms with Crippen molar-refractivity contribution in [3.63, 3.8) is 0 Å². The van der Waals surface area contributed by atoms with Gasteiger partial charge in [-0.25, -0.2) is 0 Å². The van der Waals surface area contributed by atoms with E-state index in [-0.39, 0.29) is 19.0 Å². The van der Waals surface area contributed by atoms with Crippen LogP contribution in [0.2, 0.25) is 0 Å². The number of aromatic nitrogens is 4. The van der Waals surface area contributed by atoms with Gasteiger partial charge in [0.2, 0.25) is 0 Å². The first kappa shape index (κ1) is 16.8. The van der Waals surface area contributed by atoms with Gasteiger partial charge in [0.1, 0.15) is 5.82 Å². The summed E-state index contributed by atoms with van der Waals surface area (Å²) >= 11 is 0. The van der Waals surface area contributed by atoms with Crippen LogP contribution in [-0.2, 0) is 13.1 Å². The molecule has 2 aromatic rings. The molecule has 7 heteroatoms. The van der Waals surface area contributed by atoms with E-state index in [0.717, 1.165) is 18.1 Å². The summed E-state index contributed by atoms with van der Waals surface area (Å²) in [6, 6.07) is 2.51. The minimum atomic E-state index is 0. The Labute approximate surface area is 136 Å². The third-order valence-corrected chi connectivity index (χ3v) is 4.15. The minimum absolute atomic E-state index is 0. The molecule has 1 fully saturated rings. The van der Waals surface area contributed by atoms with Crippen molar-refractivity contribution in [1.29, 1.82) is 0 Å². The van der Waals surface area contributed by atoms with Crippen LogP contribution in [0.5, 0.6) is 0 Å². The maximum atomic E-state index is 8.89. The molecule has 3 rings (SSSR count). The fourth-order valence-corrected chi connectivity index (χ4v) is 2.92. The Morgan fingerprint density at radius 1 is 1.32 bits per heavy atom. The van der Waals surface area contributed by atoms with Crippen LogP contribution in [0.25, 0.3) is 0 Å². The van der Waals surface area contributed by atoms with Gasteiger partial charge in [0.15, 0.2) is 0 Å². The monoisotopic (exact) mass is 325 g/mol. The molecule has 2 N–H and O–H groups in total. The van der Waals surface area contributed by atoms with E-state index in [1.165, 1.54) is 31.2 Å². The lowest BCUT2D eigenvalue weighted by molar-refractivity contribution is 0.269. The maximum Gasteiger partial charge on any atom is 0.148 e. The third-order valence-electron chi connectivity index (χ3n) is 4.15. The van der Waals surface area contributed by atoms with E-state index in [2.05, 4.69) is 33.3 Å². The van der Waals surface area contributed by atoms with Crippen LogP contribution in [0.15, 0.2) is 18.5 Å². The number of nitrogens with one attached hydrogen (secondary N) is 1. The predicted octanol–water partition coefficient (Wildman–Crippen LogP) is 2.53. The third kappa shape index (κ3) is 3.81. The average molecular weight is 326 g/mol. The van der Waals surface area contributed by atoms with Crippen molar-refractivity contribution in [2.45, 2.75) is 51.7 Å². The molecule has 1 saturated carbocycles. The number of rotatable bonds is 6. The Morgan fingerprint density at radius 2 is 2.09 bits per heavy atom. The highest BCUT2D eigenvalue weighted by Gasteiger charge is 2.18. The summed E-state index contributed by atoms with van der Waals surface area (Å²) in [5, 5.41) is 21.2. The first-order valence-electron chi connectivity index (χ1n) is 7.69. The normalized spacial score (nSPS) is 15.0. The Balaban J connectivity index is 0.00000176. The zero-order valence-electron chi connectivity index (χ0n) is 12.9. The fraction of sp³-hybridized carbons (Fsp3) is 0.600. The molecule has 1 aliphatic carbocycles. The van der Waals surface area contributed by atoms with Crippen LogP contribution < -0.4 is 5.32 Å². The van der Waals surface area contributed by atoms with E-state index in [9.17, 15) is 0 Å². The summed E-state index contributed by atoms with van der Waals surface area (Å²) in [5.41, 5.74) is 2.31. The molecule has 2 heterocycles.